The first-order chi connectivity index (χ1) is 6.60. The maximum absolute atomic E-state index is 11.2. The molecule has 4 amide bonds. The van der Waals surface area contributed by atoms with Crippen LogP contribution in [0.5, 0.6) is 0 Å². The van der Waals surface area contributed by atoms with Gasteiger partial charge in [-0.3, -0.25) is 10.2 Å². The van der Waals surface area contributed by atoms with Crippen LogP contribution in [0.4, 0.5) is 9.59 Å². The minimum absolute atomic E-state index is 0.520. The van der Waals surface area contributed by atoms with Crippen molar-refractivity contribution in [3.63, 3.8) is 0 Å². The van der Waals surface area contributed by atoms with Crippen molar-refractivity contribution in [2.75, 3.05) is 13.1 Å². The average Bonchev–Trinajstić information content (AvgIpc) is 2.15. The van der Waals surface area contributed by atoms with E-state index in [9.17, 15) is 9.59 Å². The zero-order valence-electron chi connectivity index (χ0n) is 8.28. The third kappa shape index (κ3) is 1.94. The number of hydrogen-bond acceptors (Lipinski definition) is 4. The Bertz CT molecular complexity index is 240. The number of nitrogens with zero attached hydrogens (tertiary/aromatic N) is 2. The van der Waals surface area contributed by atoms with E-state index in [0.29, 0.717) is 13.1 Å². The fourth-order valence-electron chi connectivity index (χ4n) is 1.33. The summed E-state index contributed by atoms with van der Waals surface area (Å²) >= 11 is 0. The minimum Gasteiger partial charge on any atom is -0.303 e. The molecule has 0 aromatic rings. The van der Waals surface area contributed by atoms with Gasteiger partial charge in [-0.25, -0.2) is 20.4 Å². The van der Waals surface area contributed by atoms with Crippen LogP contribution in [0.2, 0.25) is 0 Å². The Kier molecular flexibility index (Phi) is 3.26. The van der Waals surface area contributed by atoms with Crippen LogP contribution in [0.15, 0.2) is 0 Å². The molecule has 1 atom stereocenters. The highest BCUT2D eigenvalue weighted by Crippen LogP contribution is 2.02. The van der Waals surface area contributed by atoms with E-state index in [-0.39, 0.29) is 0 Å². The standard InChI is InChI=1S/C7H15N5O2/c1-3-11(4-2)6-9-5(13)10-7(14)12(6)8/h6H,3-4,8H2,1-2H3,(H2,9,10,13,14). The number of nitrogens with two attached hydrogens (primary N) is 1. The van der Waals surface area contributed by atoms with Crippen LogP contribution in [-0.2, 0) is 0 Å². The Morgan fingerprint density at radius 3 is 2.50 bits per heavy atom. The van der Waals surface area contributed by atoms with Crippen molar-refractivity contribution in [2.24, 2.45) is 5.84 Å². The molecule has 1 saturated heterocycles. The summed E-state index contributed by atoms with van der Waals surface area (Å²) in [4.78, 5) is 24.0. The van der Waals surface area contributed by atoms with Crippen molar-refractivity contribution in [3.05, 3.63) is 0 Å². The first-order valence-electron chi connectivity index (χ1n) is 4.49. The molecule has 0 aliphatic carbocycles. The topological polar surface area (TPSA) is 90.7 Å². The Morgan fingerprint density at radius 1 is 1.43 bits per heavy atom. The number of nitrogens with one attached hydrogen (secondary N) is 2. The molecule has 0 spiro atoms. The van der Waals surface area contributed by atoms with Gasteiger partial charge in [0.1, 0.15) is 0 Å². The fourth-order valence-corrected chi connectivity index (χ4v) is 1.33. The van der Waals surface area contributed by atoms with Crippen LogP contribution in [0, 0.1) is 0 Å². The molecule has 1 heterocycles. The van der Waals surface area contributed by atoms with E-state index in [1.165, 1.54) is 0 Å². The summed E-state index contributed by atoms with van der Waals surface area (Å²) in [5, 5.41) is 5.57. The van der Waals surface area contributed by atoms with Crippen molar-refractivity contribution in [1.82, 2.24) is 20.5 Å². The molecule has 7 heteroatoms. The first kappa shape index (κ1) is 10.7. The third-order valence-electron chi connectivity index (χ3n) is 2.14. The molecule has 1 rings (SSSR count). The lowest BCUT2D eigenvalue weighted by Crippen LogP contribution is -2.71. The molecule has 4 N–H and O–H groups in total. The molecule has 7 nitrogen and oxygen atoms in total. The van der Waals surface area contributed by atoms with E-state index in [1.807, 2.05) is 24.1 Å². The predicted octanol–water partition coefficient (Wildman–Crippen LogP) is -0.780. The quantitative estimate of drug-likeness (QED) is 0.412. The number of imide groups is 1. The van der Waals surface area contributed by atoms with Gasteiger partial charge < -0.3 is 5.32 Å². The number of hydrogen-bond donors (Lipinski definition) is 3. The normalized spacial score (nSPS) is 22.3. The molecule has 1 unspecified atom stereocenters. The highest BCUT2D eigenvalue weighted by atomic mass is 16.2. The lowest BCUT2D eigenvalue weighted by atomic mass is 10.4. The maximum Gasteiger partial charge on any atom is 0.342 e. The fraction of sp³-hybridized carbons (Fsp3) is 0.714. The summed E-state index contributed by atoms with van der Waals surface area (Å²) < 4.78 is 0. The molecule has 0 aromatic carbocycles. The van der Waals surface area contributed by atoms with Gasteiger partial charge in [0, 0.05) is 0 Å². The molecule has 1 fully saturated rings. The van der Waals surface area contributed by atoms with Gasteiger partial charge in [0.15, 0.2) is 6.29 Å². The Morgan fingerprint density at radius 2 is 2.00 bits per heavy atom. The van der Waals surface area contributed by atoms with Crippen LogP contribution in [0.25, 0.3) is 0 Å². The van der Waals surface area contributed by atoms with Gasteiger partial charge in [-0.15, -0.1) is 0 Å². The zero-order valence-corrected chi connectivity index (χ0v) is 8.28. The van der Waals surface area contributed by atoms with Gasteiger partial charge >= 0.3 is 12.1 Å². The van der Waals surface area contributed by atoms with Crippen LogP contribution < -0.4 is 16.5 Å². The smallest absolute Gasteiger partial charge is 0.303 e. The van der Waals surface area contributed by atoms with Gasteiger partial charge in [-0.2, -0.15) is 0 Å². The van der Waals surface area contributed by atoms with Crippen molar-refractivity contribution in [2.45, 2.75) is 20.1 Å². The van der Waals surface area contributed by atoms with E-state index >= 15 is 0 Å². The monoisotopic (exact) mass is 201 g/mol. The maximum atomic E-state index is 11.2. The SMILES string of the molecule is CCN(CC)C1NC(=O)NC(=O)N1N. The van der Waals surface area contributed by atoms with Gasteiger partial charge in [0.05, 0.1) is 0 Å². The number of hydrazine groups is 1. The molecular formula is C7H15N5O2. The Labute approximate surface area is 82.2 Å². The molecular weight excluding hydrogens is 186 g/mol. The first-order valence-corrected chi connectivity index (χ1v) is 4.49. The third-order valence-corrected chi connectivity index (χ3v) is 2.14. The van der Waals surface area contributed by atoms with Crippen molar-refractivity contribution in [1.29, 1.82) is 0 Å². The molecule has 0 bridgehead atoms. The van der Waals surface area contributed by atoms with E-state index in [4.69, 9.17) is 5.84 Å². The number of urea groups is 2. The molecule has 14 heavy (non-hydrogen) atoms. The van der Waals surface area contributed by atoms with Crippen LogP contribution in [0.1, 0.15) is 13.8 Å². The van der Waals surface area contributed by atoms with E-state index < -0.39 is 18.4 Å². The van der Waals surface area contributed by atoms with E-state index in [1.54, 1.807) is 0 Å². The number of rotatable bonds is 3. The summed E-state index contributed by atoms with van der Waals surface area (Å²) in [5.41, 5.74) is 0. The highest BCUT2D eigenvalue weighted by molar-refractivity contribution is 5.95. The van der Waals surface area contributed by atoms with Gasteiger partial charge in [0.2, 0.25) is 0 Å². The van der Waals surface area contributed by atoms with Crippen molar-refractivity contribution < 1.29 is 9.59 Å². The van der Waals surface area contributed by atoms with Crippen LogP contribution >= 0.6 is 0 Å². The largest absolute Gasteiger partial charge is 0.342 e. The second kappa shape index (κ2) is 4.25. The number of carbonyl (C=O) groups excluding carboxylic acids is 2. The highest BCUT2D eigenvalue weighted by Gasteiger charge is 2.32. The van der Waals surface area contributed by atoms with Crippen molar-refractivity contribution >= 4 is 12.1 Å². The zero-order chi connectivity index (χ0) is 10.7. The van der Waals surface area contributed by atoms with E-state index in [2.05, 4.69) is 5.32 Å². The summed E-state index contributed by atoms with van der Waals surface area (Å²) in [5.74, 6) is 5.50. The van der Waals surface area contributed by atoms with Gasteiger partial charge in [-0.05, 0) is 13.1 Å². The van der Waals surface area contributed by atoms with Crippen LogP contribution in [0.3, 0.4) is 0 Å². The van der Waals surface area contributed by atoms with Gasteiger partial charge in [-0.1, -0.05) is 13.8 Å². The summed E-state index contributed by atoms with van der Waals surface area (Å²) in [6.07, 6.45) is -0.564. The minimum atomic E-state index is -0.592. The molecule has 0 saturated carbocycles. The molecule has 0 aromatic heterocycles. The van der Waals surface area contributed by atoms with Crippen molar-refractivity contribution in [3.8, 4) is 0 Å². The number of carbonyl (C=O) groups is 2. The predicted molar refractivity (Wildman–Crippen MR) is 49.8 cm³/mol. The molecule has 1 aliphatic heterocycles. The van der Waals surface area contributed by atoms with E-state index in [0.717, 1.165) is 5.01 Å². The summed E-state index contributed by atoms with van der Waals surface area (Å²) in [6, 6.07) is -1.11. The average molecular weight is 201 g/mol. The Balaban J connectivity index is 2.74. The molecule has 0 radical (unpaired) electrons. The summed E-state index contributed by atoms with van der Waals surface area (Å²) in [6.45, 7) is 5.25. The molecule has 1 aliphatic rings. The van der Waals surface area contributed by atoms with Crippen LogP contribution in [-0.4, -0.2) is 41.4 Å². The number of amides is 4. The second-order valence-corrected chi connectivity index (χ2v) is 2.91. The lowest BCUT2D eigenvalue weighted by molar-refractivity contribution is 0.0450. The summed E-state index contributed by atoms with van der Waals surface area (Å²) in [7, 11) is 0. The van der Waals surface area contributed by atoms with Gasteiger partial charge in [0.25, 0.3) is 0 Å². The lowest BCUT2D eigenvalue weighted by Gasteiger charge is -2.38. The second-order valence-electron chi connectivity index (χ2n) is 2.91. The molecule has 80 valence electrons. The Hall–Kier alpha value is -1.34.